The van der Waals surface area contributed by atoms with Gasteiger partial charge in [0.05, 0.1) is 18.2 Å². The van der Waals surface area contributed by atoms with Crippen molar-refractivity contribution in [2.24, 2.45) is 5.10 Å². The number of nitrogens with zero attached hydrogens (tertiary/aromatic N) is 2. The Kier molecular flexibility index (Phi) is 5.06. The Bertz CT molecular complexity index is 927. The number of hydrogen-bond acceptors (Lipinski definition) is 8. The highest BCUT2D eigenvalue weighted by atomic mass is 16.6. The zero-order valence-corrected chi connectivity index (χ0v) is 14.1. The van der Waals surface area contributed by atoms with Gasteiger partial charge in [0.15, 0.2) is 11.5 Å². The Hall–Kier alpha value is -3.82. The minimum absolute atomic E-state index is 0.191. The van der Waals surface area contributed by atoms with E-state index in [0.717, 1.165) is 6.07 Å². The van der Waals surface area contributed by atoms with Crippen LogP contribution in [0.3, 0.4) is 0 Å². The number of nitrogens with one attached hydrogen (secondary N) is 1. The number of amides is 1. The van der Waals surface area contributed by atoms with E-state index in [4.69, 9.17) is 14.2 Å². The molecule has 1 N–H and O–H groups in total. The lowest BCUT2D eigenvalue weighted by Gasteiger charge is -2.18. The third-order valence-corrected chi connectivity index (χ3v) is 3.66. The van der Waals surface area contributed by atoms with E-state index in [1.54, 1.807) is 12.1 Å². The Morgan fingerprint density at radius 1 is 1.26 bits per heavy atom. The molecule has 0 fully saturated rings. The van der Waals surface area contributed by atoms with Gasteiger partial charge in [0.25, 0.3) is 11.6 Å². The number of carbonyl (C=O) groups excluding carboxylic acids is 1. The number of rotatable bonds is 5. The summed E-state index contributed by atoms with van der Waals surface area (Å²) in [6.07, 6.45) is 1.17. The van der Waals surface area contributed by atoms with E-state index >= 15 is 0 Å². The van der Waals surface area contributed by atoms with Crippen molar-refractivity contribution >= 4 is 17.8 Å². The number of benzene rings is 2. The molecule has 1 aliphatic rings. The van der Waals surface area contributed by atoms with E-state index in [-0.39, 0.29) is 11.3 Å². The quantitative estimate of drug-likeness (QED) is 0.473. The molecule has 1 amide bonds. The molecule has 10 nitrogen and oxygen atoms in total. The molecule has 0 radical (unpaired) electrons. The van der Waals surface area contributed by atoms with Gasteiger partial charge in [0, 0.05) is 22.9 Å². The SMILES string of the molecule is COc1cc(/C=N\NC(=O)c2ccc3c(c2)OCCO3)cc([N+](=O)[O-])c1[O-]. The van der Waals surface area contributed by atoms with E-state index in [0.29, 0.717) is 30.3 Å². The van der Waals surface area contributed by atoms with Crippen LogP contribution in [-0.4, -0.2) is 37.4 Å². The summed E-state index contributed by atoms with van der Waals surface area (Å²) in [7, 11) is 1.23. The van der Waals surface area contributed by atoms with Gasteiger partial charge in [-0.15, -0.1) is 0 Å². The van der Waals surface area contributed by atoms with Crippen LogP contribution in [0.4, 0.5) is 5.69 Å². The van der Waals surface area contributed by atoms with Gasteiger partial charge in [-0.25, -0.2) is 5.43 Å². The number of nitro groups is 1. The highest BCUT2D eigenvalue weighted by Crippen LogP contribution is 2.34. The van der Waals surface area contributed by atoms with Crippen LogP contribution in [-0.2, 0) is 0 Å². The van der Waals surface area contributed by atoms with E-state index in [1.807, 2.05) is 0 Å². The van der Waals surface area contributed by atoms with Crippen LogP contribution in [0.2, 0.25) is 0 Å². The van der Waals surface area contributed by atoms with Crippen molar-refractivity contribution in [1.82, 2.24) is 5.43 Å². The van der Waals surface area contributed by atoms with Crippen molar-refractivity contribution in [3.05, 3.63) is 51.6 Å². The second-order valence-corrected chi connectivity index (χ2v) is 5.39. The van der Waals surface area contributed by atoms with Crippen LogP contribution in [0.15, 0.2) is 35.4 Å². The van der Waals surface area contributed by atoms with Crippen molar-refractivity contribution in [3.8, 4) is 23.0 Å². The van der Waals surface area contributed by atoms with Crippen LogP contribution >= 0.6 is 0 Å². The molecular weight excluding hydrogens is 358 g/mol. The maximum atomic E-state index is 12.2. The minimum atomic E-state index is -0.833. The van der Waals surface area contributed by atoms with E-state index in [9.17, 15) is 20.0 Å². The summed E-state index contributed by atoms with van der Waals surface area (Å²) in [5.41, 5.74) is 2.18. The van der Waals surface area contributed by atoms with Gasteiger partial charge < -0.3 is 19.3 Å². The highest BCUT2D eigenvalue weighted by molar-refractivity contribution is 5.95. The summed E-state index contributed by atoms with van der Waals surface area (Å²) >= 11 is 0. The lowest BCUT2D eigenvalue weighted by Crippen LogP contribution is -2.19. The first-order valence-corrected chi connectivity index (χ1v) is 7.76. The number of nitro benzene ring substituents is 1. The van der Waals surface area contributed by atoms with Crippen LogP contribution in [0.5, 0.6) is 23.0 Å². The molecule has 0 unspecified atom stereocenters. The number of hydrogen-bond donors (Lipinski definition) is 1. The monoisotopic (exact) mass is 372 g/mol. The predicted octanol–water partition coefficient (Wildman–Crippen LogP) is 1.21. The Balaban J connectivity index is 1.74. The molecule has 0 bridgehead atoms. The summed E-state index contributed by atoms with van der Waals surface area (Å²) in [4.78, 5) is 22.3. The topological polar surface area (TPSA) is 135 Å². The van der Waals surface area contributed by atoms with Crippen LogP contribution in [0.1, 0.15) is 15.9 Å². The summed E-state index contributed by atoms with van der Waals surface area (Å²) in [6.45, 7) is 0.840. The third-order valence-electron chi connectivity index (χ3n) is 3.66. The van der Waals surface area contributed by atoms with Gasteiger partial charge in [0.1, 0.15) is 19.0 Å². The number of methoxy groups -OCH3 is 1. The van der Waals surface area contributed by atoms with Gasteiger partial charge in [-0.2, -0.15) is 5.10 Å². The van der Waals surface area contributed by atoms with Crippen molar-refractivity contribution in [2.75, 3.05) is 20.3 Å². The number of ether oxygens (including phenoxy) is 3. The average molecular weight is 372 g/mol. The van der Waals surface area contributed by atoms with Crippen molar-refractivity contribution in [2.45, 2.75) is 0 Å². The molecule has 140 valence electrons. The molecule has 2 aromatic carbocycles. The zero-order chi connectivity index (χ0) is 19.4. The fraction of sp³-hybridized carbons (Fsp3) is 0.176. The first-order chi connectivity index (χ1) is 13.0. The molecule has 2 aromatic rings. The first kappa shape index (κ1) is 18.0. The molecular formula is C17H14N3O7-. The van der Waals surface area contributed by atoms with Gasteiger partial charge in [-0.05, 0) is 24.3 Å². The molecule has 0 aromatic heterocycles. The van der Waals surface area contributed by atoms with Crippen molar-refractivity contribution in [3.63, 3.8) is 0 Å². The second kappa shape index (κ2) is 7.60. The molecule has 27 heavy (non-hydrogen) atoms. The van der Waals surface area contributed by atoms with Gasteiger partial charge >= 0.3 is 0 Å². The highest BCUT2D eigenvalue weighted by Gasteiger charge is 2.15. The Morgan fingerprint density at radius 3 is 2.70 bits per heavy atom. The lowest BCUT2D eigenvalue weighted by atomic mass is 10.2. The maximum absolute atomic E-state index is 12.2. The van der Waals surface area contributed by atoms with Gasteiger partial charge in [-0.3, -0.25) is 14.9 Å². The molecule has 0 saturated carbocycles. The Morgan fingerprint density at radius 2 is 2.00 bits per heavy atom. The minimum Gasteiger partial charge on any atom is -0.865 e. The number of fused-ring (bicyclic) bond motifs is 1. The number of hydrazone groups is 1. The van der Waals surface area contributed by atoms with Crippen LogP contribution in [0, 0.1) is 10.1 Å². The molecule has 1 heterocycles. The smallest absolute Gasteiger partial charge is 0.271 e. The Labute approximate surface area is 153 Å². The van der Waals surface area contributed by atoms with Crippen molar-refractivity contribution < 1.29 is 29.0 Å². The second-order valence-electron chi connectivity index (χ2n) is 5.39. The maximum Gasteiger partial charge on any atom is 0.271 e. The van der Waals surface area contributed by atoms with Gasteiger partial charge in [-0.1, -0.05) is 0 Å². The van der Waals surface area contributed by atoms with Crippen LogP contribution in [0.25, 0.3) is 0 Å². The summed E-state index contributed by atoms with van der Waals surface area (Å²) in [6, 6.07) is 7.03. The first-order valence-electron chi connectivity index (χ1n) is 7.76. The molecule has 3 rings (SSSR count). The molecule has 1 aliphatic heterocycles. The van der Waals surface area contributed by atoms with Crippen LogP contribution < -0.4 is 24.7 Å². The normalized spacial score (nSPS) is 12.6. The largest absolute Gasteiger partial charge is 0.865 e. The summed E-state index contributed by atoms with van der Waals surface area (Å²) < 4.78 is 15.6. The number of carbonyl (C=O) groups is 1. The van der Waals surface area contributed by atoms with Gasteiger partial charge in [0.2, 0.25) is 0 Å². The molecule has 0 saturated heterocycles. The summed E-state index contributed by atoms with van der Waals surface area (Å²) in [5, 5.41) is 26.5. The van der Waals surface area contributed by atoms with Crippen molar-refractivity contribution in [1.29, 1.82) is 0 Å². The predicted molar refractivity (Wildman–Crippen MR) is 91.6 cm³/mol. The zero-order valence-electron chi connectivity index (χ0n) is 14.1. The standard InChI is InChI=1S/C17H15N3O7/c1-25-15-7-10(6-12(16(15)21)20(23)24)9-18-19-17(22)11-2-3-13-14(8-11)27-5-4-26-13/h2-3,6-9,21H,4-5H2,1H3,(H,19,22)/p-1/b18-9-. The summed E-state index contributed by atoms with van der Waals surface area (Å²) in [5.74, 6) is -0.517. The average Bonchev–Trinajstić information content (AvgIpc) is 2.68. The molecule has 0 aliphatic carbocycles. The molecule has 10 heteroatoms. The molecule has 0 atom stereocenters. The van der Waals surface area contributed by atoms with E-state index < -0.39 is 22.3 Å². The third kappa shape index (κ3) is 3.89. The fourth-order valence-electron chi connectivity index (χ4n) is 2.38. The molecule has 0 spiro atoms. The fourth-order valence-corrected chi connectivity index (χ4v) is 2.38. The van der Waals surface area contributed by atoms with E-state index in [1.165, 1.54) is 25.5 Å². The lowest BCUT2D eigenvalue weighted by molar-refractivity contribution is -0.398. The van der Waals surface area contributed by atoms with E-state index in [2.05, 4.69) is 10.5 Å².